The molecule has 2 rings (SSSR count). The van der Waals surface area contributed by atoms with Crippen molar-refractivity contribution in [1.82, 2.24) is 4.98 Å². The summed E-state index contributed by atoms with van der Waals surface area (Å²) in [6.45, 7) is 4.71. The lowest BCUT2D eigenvalue weighted by Gasteiger charge is -2.21. The number of nitrogens with zero attached hydrogens (tertiary/aromatic N) is 2. The van der Waals surface area contributed by atoms with Crippen LogP contribution in [-0.4, -0.2) is 23.4 Å². The molecule has 0 fully saturated rings. The maximum absolute atomic E-state index is 11.9. The molecule has 0 radical (unpaired) electrons. The van der Waals surface area contributed by atoms with Crippen molar-refractivity contribution in [3.63, 3.8) is 0 Å². The number of pyridine rings is 1. The first-order valence-corrected chi connectivity index (χ1v) is 7.45. The summed E-state index contributed by atoms with van der Waals surface area (Å²) in [4.78, 5) is 17.6. The van der Waals surface area contributed by atoms with E-state index in [1.54, 1.807) is 12.3 Å². The molecule has 0 unspecified atom stereocenters. The number of carbonyl (C=O) groups excluding carboxylic acids is 1. The van der Waals surface area contributed by atoms with Gasteiger partial charge in [0.1, 0.15) is 0 Å². The van der Waals surface area contributed by atoms with Gasteiger partial charge in [-0.2, -0.15) is 0 Å². The molecule has 5 nitrogen and oxygen atoms in total. The average molecular weight is 318 g/mol. The van der Waals surface area contributed by atoms with Gasteiger partial charge in [0.05, 0.1) is 25.1 Å². The van der Waals surface area contributed by atoms with Crippen molar-refractivity contribution in [3.8, 4) is 11.6 Å². The first kappa shape index (κ1) is 16.2. The zero-order valence-electron chi connectivity index (χ0n) is 12.5. The normalized spacial score (nSPS) is 10.1. The third-order valence-corrected chi connectivity index (χ3v) is 3.05. The fraction of sp³-hybridized carbons (Fsp3) is 0.250. The van der Waals surface area contributed by atoms with Crippen molar-refractivity contribution in [2.75, 3.05) is 18.1 Å². The van der Waals surface area contributed by atoms with Crippen LogP contribution in [0.1, 0.15) is 13.8 Å². The van der Waals surface area contributed by atoms with E-state index >= 15 is 0 Å². The van der Waals surface area contributed by atoms with Gasteiger partial charge in [0.25, 0.3) is 11.1 Å². The van der Waals surface area contributed by atoms with E-state index in [1.807, 2.05) is 44.2 Å². The molecule has 2 aromatic rings. The Morgan fingerprint density at radius 3 is 2.41 bits per heavy atom. The van der Waals surface area contributed by atoms with E-state index in [-0.39, 0.29) is 0 Å². The smallest absolute Gasteiger partial charge is 0.287 e. The van der Waals surface area contributed by atoms with Crippen molar-refractivity contribution >= 4 is 29.2 Å². The van der Waals surface area contributed by atoms with Gasteiger partial charge >= 0.3 is 0 Å². The van der Waals surface area contributed by atoms with Crippen LogP contribution in [0.2, 0.25) is 0 Å². The van der Waals surface area contributed by atoms with Crippen molar-refractivity contribution in [1.29, 1.82) is 0 Å². The number of benzene rings is 1. The van der Waals surface area contributed by atoms with Gasteiger partial charge in [-0.3, -0.25) is 9.69 Å². The molecule has 1 aromatic heterocycles. The summed E-state index contributed by atoms with van der Waals surface area (Å²) < 4.78 is 11.0. The molecule has 116 valence electrons. The van der Waals surface area contributed by atoms with E-state index in [2.05, 4.69) is 17.6 Å². The molecule has 0 aliphatic heterocycles. The fourth-order valence-corrected chi connectivity index (χ4v) is 2.23. The van der Waals surface area contributed by atoms with Crippen molar-refractivity contribution in [3.05, 3.63) is 42.6 Å². The van der Waals surface area contributed by atoms with Gasteiger partial charge in [-0.05, 0) is 26.0 Å². The number of para-hydroxylation sites is 1. The lowest BCUT2D eigenvalue weighted by atomic mass is 10.2. The second-order valence-corrected chi connectivity index (χ2v) is 4.70. The Morgan fingerprint density at radius 1 is 1.14 bits per heavy atom. The fourth-order valence-electron chi connectivity index (χ4n) is 2.00. The molecular formula is C16H18N2O3S. The SMILES string of the molecule is CCOc1cc(N(C(=O)S)c2ccccc2)cnc1OCC. The molecule has 0 saturated heterocycles. The number of hydrogen-bond acceptors (Lipinski definition) is 4. The van der Waals surface area contributed by atoms with Crippen LogP contribution in [0.3, 0.4) is 0 Å². The molecule has 0 aliphatic rings. The van der Waals surface area contributed by atoms with Gasteiger partial charge in [0.15, 0.2) is 5.75 Å². The van der Waals surface area contributed by atoms with Gasteiger partial charge in [0, 0.05) is 11.8 Å². The van der Waals surface area contributed by atoms with E-state index in [0.29, 0.717) is 36.2 Å². The molecule has 0 bridgehead atoms. The number of ether oxygens (including phenoxy) is 2. The Kier molecular flexibility index (Phi) is 5.66. The van der Waals surface area contributed by atoms with E-state index in [4.69, 9.17) is 9.47 Å². The quantitative estimate of drug-likeness (QED) is 0.816. The second-order valence-electron chi connectivity index (χ2n) is 4.32. The van der Waals surface area contributed by atoms with Crippen molar-refractivity contribution < 1.29 is 14.3 Å². The summed E-state index contributed by atoms with van der Waals surface area (Å²) in [6, 6.07) is 11.0. The Balaban J connectivity index is 2.44. The maximum atomic E-state index is 11.9. The molecule has 0 atom stereocenters. The van der Waals surface area contributed by atoms with Crippen LogP contribution >= 0.6 is 12.6 Å². The largest absolute Gasteiger partial charge is 0.488 e. The van der Waals surface area contributed by atoms with Crippen LogP contribution < -0.4 is 14.4 Å². The van der Waals surface area contributed by atoms with Crippen LogP contribution in [0, 0.1) is 0 Å². The number of aromatic nitrogens is 1. The van der Waals surface area contributed by atoms with Crippen LogP contribution in [0.5, 0.6) is 11.6 Å². The molecule has 0 saturated carbocycles. The highest BCUT2D eigenvalue weighted by atomic mass is 32.1. The molecule has 1 heterocycles. The highest BCUT2D eigenvalue weighted by Gasteiger charge is 2.18. The minimum atomic E-state index is -0.403. The van der Waals surface area contributed by atoms with Crippen LogP contribution in [0.25, 0.3) is 0 Å². The third-order valence-electron chi connectivity index (χ3n) is 2.85. The van der Waals surface area contributed by atoms with E-state index in [1.165, 1.54) is 4.90 Å². The first-order valence-electron chi connectivity index (χ1n) is 7.01. The summed E-state index contributed by atoms with van der Waals surface area (Å²) in [5, 5.41) is -0.403. The summed E-state index contributed by atoms with van der Waals surface area (Å²) in [5.74, 6) is 0.907. The lowest BCUT2D eigenvalue weighted by Crippen LogP contribution is -2.20. The Labute approximate surface area is 135 Å². The van der Waals surface area contributed by atoms with Crippen LogP contribution in [0.4, 0.5) is 16.2 Å². The van der Waals surface area contributed by atoms with Gasteiger partial charge < -0.3 is 9.47 Å². The minimum Gasteiger partial charge on any atom is -0.488 e. The third kappa shape index (κ3) is 3.71. The molecule has 0 aliphatic carbocycles. The number of amides is 1. The Morgan fingerprint density at radius 2 is 1.82 bits per heavy atom. The zero-order valence-corrected chi connectivity index (χ0v) is 13.4. The second kappa shape index (κ2) is 7.70. The van der Waals surface area contributed by atoms with Gasteiger partial charge in [0.2, 0.25) is 0 Å². The molecule has 1 amide bonds. The van der Waals surface area contributed by atoms with Crippen molar-refractivity contribution in [2.45, 2.75) is 13.8 Å². The summed E-state index contributed by atoms with van der Waals surface area (Å²) in [6.07, 6.45) is 1.56. The number of rotatable bonds is 6. The summed E-state index contributed by atoms with van der Waals surface area (Å²) in [5.41, 5.74) is 1.27. The minimum absolute atomic E-state index is 0.403. The van der Waals surface area contributed by atoms with Crippen LogP contribution in [0.15, 0.2) is 42.6 Å². The van der Waals surface area contributed by atoms with Crippen molar-refractivity contribution in [2.24, 2.45) is 0 Å². The Hall–Kier alpha value is -2.21. The molecular weight excluding hydrogens is 300 g/mol. The molecule has 1 aromatic carbocycles. The topological polar surface area (TPSA) is 51.7 Å². The maximum Gasteiger partial charge on any atom is 0.287 e. The summed E-state index contributed by atoms with van der Waals surface area (Å²) >= 11 is 3.96. The highest BCUT2D eigenvalue weighted by molar-refractivity contribution is 7.97. The van der Waals surface area contributed by atoms with Crippen LogP contribution in [-0.2, 0) is 0 Å². The Bertz CT molecular complexity index is 635. The predicted octanol–water partition coefficient (Wildman–Crippen LogP) is 4.07. The van der Waals surface area contributed by atoms with Gasteiger partial charge in [-0.15, -0.1) is 0 Å². The van der Waals surface area contributed by atoms with E-state index < -0.39 is 5.24 Å². The number of thiol groups is 1. The molecule has 0 spiro atoms. The van der Waals surface area contributed by atoms with E-state index in [0.717, 1.165) is 0 Å². The summed E-state index contributed by atoms with van der Waals surface area (Å²) in [7, 11) is 0. The number of anilines is 2. The number of carbonyl (C=O) groups is 1. The molecule has 22 heavy (non-hydrogen) atoms. The van der Waals surface area contributed by atoms with Gasteiger partial charge in [-0.25, -0.2) is 4.98 Å². The highest BCUT2D eigenvalue weighted by Crippen LogP contribution is 2.33. The molecule has 6 heteroatoms. The number of hydrogen-bond donors (Lipinski definition) is 1. The van der Waals surface area contributed by atoms with Gasteiger partial charge in [-0.1, -0.05) is 30.8 Å². The monoisotopic (exact) mass is 318 g/mol. The molecule has 0 N–H and O–H groups in total. The average Bonchev–Trinajstić information content (AvgIpc) is 2.51. The first-order chi connectivity index (χ1) is 10.7. The zero-order chi connectivity index (χ0) is 15.9. The van der Waals surface area contributed by atoms with E-state index in [9.17, 15) is 4.79 Å². The lowest BCUT2D eigenvalue weighted by molar-refractivity contribution is 0.267. The predicted molar refractivity (Wildman–Crippen MR) is 89.5 cm³/mol. The standard InChI is InChI=1S/C16H18N2O3S/c1-3-20-14-10-13(11-17-15(14)21-4-2)18(16(19)22)12-8-6-5-7-9-12/h5-11H,3-4H2,1-2H3,(H,19,22).